The Morgan fingerprint density at radius 3 is 2.54 bits per heavy atom. The van der Waals surface area contributed by atoms with Crippen molar-refractivity contribution in [3.8, 4) is 5.75 Å². The summed E-state index contributed by atoms with van der Waals surface area (Å²) in [6.45, 7) is 3.43. The fourth-order valence-electron chi connectivity index (χ4n) is 3.11. The van der Waals surface area contributed by atoms with Gasteiger partial charge < -0.3 is 15.4 Å². The predicted octanol–water partition coefficient (Wildman–Crippen LogP) is 4.86. The molecule has 0 saturated heterocycles. The van der Waals surface area contributed by atoms with E-state index in [0.29, 0.717) is 24.2 Å². The minimum Gasteiger partial charge on any atom is -0.405 e. The van der Waals surface area contributed by atoms with Gasteiger partial charge in [-0.05, 0) is 42.1 Å². The van der Waals surface area contributed by atoms with Crippen LogP contribution < -0.4 is 15.4 Å². The Kier molecular flexibility index (Phi) is 7.32. The molecule has 1 aliphatic rings. The van der Waals surface area contributed by atoms with Crippen molar-refractivity contribution in [1.29, 1.82) is 0 Å². The molecule has 1 amide bonds. The van der Waals surface area contributed by atoms with Crippen LogP contribution in [0.2, 0.25) is 0 Å². The molecular formula is C20H22ClF3N2O2. The topological polar surface area (TPSA) is 50.4 Å². The molecule has 0 aliphatic heterocycles. The van der Waals surface area contributed by atoms with E-state index in [1.54, 1.807) is 12.1 Å². The van der Waals surface area contributed by atoms with Gasteiger partial charge in [-0.25, -0.2) is 0 Å². The van der Waals surface area contributed by atoms with Gasteiger partial charge in [0.05, 0.1) is 0 Å². The first-order valence-corrected chi connectivity index (χ1v) is 8.83. The number of ether oxygens (including phenoxy) is 1. The van der Waals surface area contributed by atoms with Crippen molar-refractivity contribution in [2.75, 3.05) is 11.9 Å². The maximum atomic E-state index is 12.6. The molecule has 0 aromatic heterocycles. The normalized spacial score (nSPS) is 18.1. The van der Waals surface area contributed by atoms with Gasteiger partial charge in [0.15, 0.2) is 0 Å². The zero-order valence-electron chi connectivity index (χ0n) is 15.3. The Bertz CT molecular complexity index is 814. The third-order valence-corrected chi connectivity index (χ3v) is 4.51. The highest BCUT2D eigenvalue weighted by molar-refractivity contribution is 5.96. The lowest BCUT2D eigenvalue weighted by molar-refractivity contribution is -0.274. The largest absolute Gasteiger partial charge is 0.573 e. The molecule has 1 fully saturated rings. The average molecular weight is 415 g/mol. The molecule has 2 N–H and O–H groups in total. The molecule has 3 rings (SSSR count). The Hall–Kier alpha value is -2.25. The summed E-state index contributed by atoms with van der Waals surface area (Å²) in [5.74, 6) is -1.07. The molecule has 4 nitrogen and oxygen atoms in total. The molecule has 2 atom stereocenters. The Balaban J connectivity index is 0.00000280. The molecule has 0 spiro atoms. The second-order valence-corrected chi connectivity index (χ2v) is 6.46. The Morgan fingerprint density at radius 1 is 1.14 bits per heavy atom. The highest BCUT2D eigenvalue weighted by Crippen LogP contribution is 2.51. The monoisotopic (exact) mass is 414 g/mol. The van der Waals surface area contributed by atoms with E-state index < -0.39 is 6.36 Å². The van der Waals surface area contributed by atoms with Gasteiger partial charge in [0, 0.05) is 18.2 Å². The third kappa shape index (κ3) is 5.62. The van der Waals surface area contributed by atoms with E-state index in [4.69, 9.17) is 0 Å². The average Bonchev–Trinajstić information content (AvgIpc) is 3.41. The van der Waals surface area contributed by atoms with Gasteiger partial charge in [0.25, 0.3) is 0 Å². The molecule has 1 aliphatic carbocycles. The summed E-state index contributed by atoms with van der Waals surface area (Å²) in [5, 5.41) is 6.12. The van der Waals surface area contributed by atoms with Crippen LogP contribution in [0.5, 0.6) is 5.75 Å². The summed E-state index contributed by atoms with van der Waals surface area (Å²) in [4.78, 5) is 12.6. The molecule has 8 heteroatoms. The number of carbonyl (C=O) groups is 1. The highest BCUT2D eigenvalue weighted by Gasteiger charge is 2.46. The van der Waals surface area contributed by atoms with Crippen LogP contribution in [0.4, 0.5) is 18.9 Å². The minimum atomic E-state index is -4.76. The van der Waals surface area contributed by atoms with Gasteiger partial charge in [-0.2, -0.15) is 0 Å². The molecule has 2 aromatic carbocycles. The highest BCUT2D eigenvalue weighted by atomic mass is 35.5. The number of halogens is 4. The van der Waals surface area contributed by atoms with Gasteiger partial charge in [-0.3, -0.25) is 4.79 Å². The summed E-state index contributed by atoms with van der Waals surface area (Å²) in [6.07, 6.45) is -4.26. The first-order valence-electron chi connectivity index (χ1n) is 8.83. The van der Waals surface area contributed by atoms with Crippen molar-refractivity contribution >= 4 is 24.0 Å². The van der Waals surface area contributed by atoms with Crippen molar-refractivity contribution in [2.45, 2.75) is 32.2 Å². The van der Waals surface area contributed by atoms with E-state index in [0.717, 1.165) is 12.1 Å². The van der Waals surface area contributed by atoms with Crippen LogP contribution in [0.15, 0.2) is 48.5 Å². The van der Waals surface area contributed by atoms with Crippen LogP contribution in [-0.2, 0) is 11.3 Å². The van der Waals surface area contributed by atoms with Crippen molar-refractivity contribution in [3.63, 3.8) is 0 Å². The van der Waals surface area contributed by atoms with E-state index in [1.807, 2.05) is 31.2 Å². The molecule has 1 saturated carbocycles. The maximum absolute atomic E-state index is 12.6. The number of benzene rings is 2. The molecule has 2 aromatic rings. The van der Waals surface area contributed by atoms with E-state index in [2.05, 4.69) is 15.4 Å². The van der Waals surface area contributed by atoms with Gasteiger partial charge >= 0.3 is 6.36 Å². The van der Waals surface area contributed by atoms with Crippen LogP contribution in [0.3, 0.4) is 0 Å². The Labute approximate surface area is 167 Å². The SMILES string of the molecule is CCNCc1ccccc1NC(=O)C1CC1c1ccccc1OC(F)(F)F.Cl. The van der Waals surface area contributed by atoms with Crippen LogP contribution >= 0.6 is 12.4 Å². The lowest BCUT2D eigenvalue weighted by Gasteiger charge is -2.14. The first kappa shape index (κ1) is 22.0. The number of rotatable bonds is 7. The van der Waals surface area contributed by atoms with Crippen LogP contribution in [0, 0.1) is 5.92 Å². The summed E-state index contributed by atoms with van der Waals surface area (Å²) in [5.41, 5.74) is 2.09. The van der Waals surface area contributed by atoms with E-state index in [1.165, 1.54) is 12.1 Å². The Morgan fingerprint density at radius 2 is 1.82 bits per heavy atom. The molecular weight excluding hydrogens is 393 g/mol. The number of hydrogen-bond donors (Lipinski definition) is 2. The molecule has 0 heterocycles. The van der Waals surface area contributed by atoms with Crippen LogP contribution in [0.25, 0.3) is 0 Å². The number of hydrogen-bond acceptors (Lipinski definition) is 3. The second-order valence-electron chi connectivity index (χ2n) is 6.46. The number of anilines is 1. The van der Waals surface area contributed by atoms with Gasteiger partial charge in [-0.15, -0.1) is 25.6 Å². The maximum Gasteiger partial charge on any atom is 0.573 e. The van der Waals surface area contributed by atoms with E-state index in [9.17, 15) is 18.0 Å². The van der Waals surface area contributed by atoms with Crippen molar-refractivity contribution in [1.82, 2.24) is 5.32 Å². The summed E-state index contributed by atoms with van der Waals surface area (Å²) in [7, 11) is 0. The molecule has 152 valence electrons. The fourth-order valence-corrected chi connectivity index (χ4v) is 3.11. The number of para-hydroxylation sites is 2. The van der Waals surface area contributed by atoms with Crippen molar-refractivity contribution < 1.29 is 22.7 Å². The van der Waals surface area contributed by atoms with Crippen molar-refractivity contribution in [3.05, 3.63) is 59.7 Å². The fraction of sp³-hybridized carbons (Fsp3) is 0.350. The summed E-state index contributed by atoms with van der Waals surface area (Å²) >= 11 is 0. The molecule has 0 radical (unpaired) electrons. The molecule has 28 heavy (non-hydrogen) atoms. The number of alkyl halides is 3. The lowest BCUT2D eigenvalue weighted by atomic mass is 10.1. The zero-order chi connectivity index (χ0) is 19.4. The van der Waals surface area contributed by atoms with Gasteiger partial charge in [-0.1, -0.05) is 43.3 Å². The van der Waals surface area contributed by atoms with E-state index >= 15 is 0 Å². The quantitative estimate of drug-likeness (QED) is 0.680. The zero-order valence-corrected chi connectivity index (χ0v) is 16.1. The first-order chi connectivity index (χ1) is 12.9. The van der Waals surface area contributed by atoms with Gasteiger partial charge in [0.1, 0.15) is 5.75 Å². The number of carbonyl (C=O) groups excluding carboxylic acids is 1. The van der Waals surface area contributed by atoms with Crippen LogP contribution in [-0.4, -0.2) is 18.8 Å². The van der Waals surface area contributed by atoms with Crippen LogP contribution in [0.1, 0.15) is 30.4 Å². The predicted molar refractivity (Wildman–Crippen MR) is 104 cm³/mol. The summed E-state index contributed by atoms with van der Waals surface area (Å²) < 4.78 is 41.9. The lowest BCUT2D eigenvalue weighted by Crippen LogP contribution is -2.19. The number of nitrogens with one attached hydrogen (secondary N) is 2. The second kappa shape index (κ2) is 9.30. The smallest absolute Gasteiger partial charge is 0.405 e. The van der Waals surface area contributed by atoms with Crippen molar-refractivity contribution in [2.24, 2.45) is 5.92 Å². The standard InChI is InChI=1S/C20H21F3N2O2.ClH/c1-2-24-12-13-7-3-5-9-17(13)25-19(26)16-11-15(16)14-8-4-6-10-18(14)27-20(21,22)23;/h3-10,15-16,24H,2,11-12H2,1H3,(H,25,26);1H. The van der Waals surface area contributed by atoms with E-state index in [-0.39, 0.29) is 35.9 Å². The minimum absolute atomic E-state index is 0. The molecule has 2 unspecified atom stereocenters. The third-order valence-electron chi connectivity index (χ3n) is 4.51. The van der Waals surface area contributed by atoms with Gasteiger partial charge in [0.2, 0.25) is 5.91 Å². The molecule has 0 bridgehead atoms. The number of amides is 1. The summed E-state index contributed by atoms with van der Waals surface area (Å²) in [6, 6.07) is 13.5.